The molecular formula is C16H19NO3. The minimum Gasteiger partial charge on any atom is -0.477 e. The fourth-order valence-electron chi connectivity index (χ4n) is 2.56. The van der Waals surface area contributed by atoms with E-state index in [1.165, 1.54) is 0 Å². The number of fused-ring (bicyclic) bond motifs is 1. The second kappa shape index (κ2) is 5.49. The Morgan fingerprint density at radius 2 is 2.00 bits per heavy atom. The summed E-state index contributed by atoms with van der Waals surface area (Å²) >= 11 is 0. The van der Waals surface area contributed by atoms with Crippen LogP contribution in [0.4, 0.5) is 0 Å². The second-order valence-corrected chi connectivity index (χ2v) is 5.05. The van der Waals surface area contributed by atoms with Crippen molar-refractivity contribution in [2.24, 2.45) is 0 Å². The van der Waals surface area contributed by atoms with Gasteiger partial charge in [0.25, 0.3) is 0 Å². The fraction of sp³-hybridized carbons (Fsp3) is 0.375. The normalized spacial score (nSPS) is 10.9. The first kappa shape index (κ1) is 14.3. The molecule has 1 heterocycles. The van der Waals surface area contributed by atoms with Crippen LogP contribution in [0.3, 0.4) is 0 Å². The molecule has 106 valence electrons. The topological polar surface area (TPSA) is 70.2 Å². The Labute approximate surface area is 117 Å². The van der Waals surface area contributed by atoms with Crippen LogP contribution in [-0.4, -0.2) is 16.1 Å². The fourth-order valence-corrected chi connectivity index (χ4v) is 2.56. The number of carbonyl (C=O) groups is 1. The standard InChI is InChI=1S/C16H19NO3/c1-4-6-11-14(16(19)20)17-13-9(3)7-10(5-2)8-12(13)15(11)18/h7-8H,4-6H2,1-3H3,(H,17,18)(H,19,20). The van der Waals surface area contributed by atoms with Crippen LogP contribution in [0.5, 0.6) is 0 Å². The average Bonchev–Trinajstić information content (AvgIpc) is 2.41. The summed E-state index contributed by atoms with van der Waals surface area (Å²) in [5, 5.41) is 9.89. The molecule has 0 aliphatic heterocycles. The Morgan fingerprint density at radius 1 is 1.30 bits per heavy atom. The summed E-state index contributed by atoms with van der Waals surface area (Å²) in [6, 6.07) is 3.86. The van der Waals surface area contributed by atoms with E-state index in [0.717, 1.165) is 24.0 Å². The Kier molecular flexibility index (Phi) is 3.93. The molecule has 0 atom stereocenters. The van der Waals surface area contributed by atoms with E-state index in [9.17, 15) is 14.7 Å². The molecule has 0 radical (unpaired) electrons. The smallest absolute Gasteiger partial charge is 0.352 e. The number of benzene rings is 1. The summed E-state index contributed by atoms with van der Waals surface area (Å²) < 4.78 is 0. The summed E-state index contributed by atoms with van der Waals surface area (Å²) in [5.74, 6) is -1.08. The van der Waals surface area contributed by atoms with Crippen molar-refractivity contribution in [1.29, 1.82) is 0 Å². The van der Waals surface area contributed by atoms with Gasteiger partial charge in [0.2, 0.25) is 0 Å². The van der Waals surface area contributed by atoms with Gasteiger partial charge in [-0.15, -0.1) is 0 Å². The van der Waals surface area contributed by atoms with E-state index in [-0.39, 0.29) is 11.1 Å². The zero-order valence-corrected chi connectivity index (χ0v) is 12.0. The first-order valence-corrected chi connectivity index (χ1v) is 6.91. The first-order chi connectivity index (χ1) is 9.49. The van der Waals surface area contributed by atoms with E-state index in [4.69, 9.17) is 0 Å². The van der Waals surface area contributed by atoms with Gasteiger partial charge in [-0.05, 0) is 37.0 Å². The van der Waals surface area contributed by atoms with Crippen molar-refractivity contribution in [1.82, 2.24) is 4.98 Å². The molecule has 4 nitrogen and oxygen atoms in total. The van der Waals surface area contributed by atoms with E-state index in [1.54, 1.807) is 0 Å². The van der Waals surface area contributed by atoms with Gasteiger partial charge in [-0.2, -0.15) is 0 Å². The van der Waals surface area contributed by atoms with Crippen molar-refractivity contribution in [3.63, 3.8) is 0 Å². The number of carboxylic acids is 1. The molecule has 0 aliphatic carbocycles. The third kappa shape index (κ3) is 2.33. The van der Waals surface area contributed by atoms with Crippen molar-refractivity contribution in [3.8, 4) is 0 Å². The highest BCUT2D eigenvalue weighted by Gasteiger charge is 2.17. The minimum atomic E-state index is -1.08. The van der Waals surface area contributed by atoms with E-state index in [0.29, 0.717) is 22.9 Å². The number of H-pyrrole nitrogens is 1. The lowest BCUT2D eigenvalue weighted by Crippen LogP contribution is -2.19. The lowest BCUT2D eigenvalue weighted by Gasteiger charge is -2.11. The summed E-state index contributed by atoms with van der Waals surface area (Å²) in [6.45, 7) is 5.86. The summed E-state index contributed by atoms with van der Waals surface area (Å²) in [5.41, 5.74) is 2.87. The van der Waals surface area contributed by atoms with Crippen LogP contribution in [0.2, 0.25) is 0 Å². The Morgan fingerprint density at radius 3 is 2.55 bits per heavy atom. The average molecular weight is 273 g/mol. The zero-order valence-electron chi connectivity index (χ0n) is 12.0. The predicted molar refractivity (Wildman–Crippen MR) is 79.6 cm³/mol. The Bertz CT molecular complexity index is 729. The number of aromatic nitrogens is 1. The van der Waals surface area contributed by atoms with Crippen LogP contribution < -0.4 is 5.43 Å². The molecule has 20 heavy (non-hydrogen) atoms. The predicted octanol–water partition coefficient (Wildman–Crippen LogP) is 3.05. The second-order valence-electron chi connectivity index (χ2n) is 5.05. The van der Waals surface area contributed by atoms with E-state index >= 15 is 0 Å². The summed E-state index contributed by atoms with van der Waals surface area (Å²) in [4.78, 5) is 26.9. The molecule has 0 spiro atoms. The third-order valence-corrected chi connectivity index (χ3v) is 3.59. The van der Waals surface area contributed by atoms with Gasteiger partial charge in [0, 0.05) is 10.9 Å². The molecule has 1 aromatic carbocycles. The molecule has 0 aliphatic rings. The van der Waals surface area contributed by atoms with Gasteiger partial charge in [0.05, 0.1) is 5.52 Å². The van der Waals surface area contributed by atoms with E-state index < -0.39 is 5.97 Å². The van der Waals surface area contributed by atoms with Gasteiger partial charge < -0.3 is 10.1 Å². The molecule has 2 aromatic rings. The maximum Gasteiger partial charge on any atom is 0.352 e. The molecular weight excluding hydrogens is 254 g/mol. The quantitative estimate of drug-likeness (QED) is 0.899. The number of rotatable bonds is 4. The maximum atomic E-state index is 12.6. The zero-order chi connectivity index (χ0) is 14.9. The van der Waals surface area contributed by atoms with Crippen molar-refractivity contribution in [2.75, 3.05) is 0 Å². The number of carboxylic acid groups (broad SMARTS) is 1. The Balaban J connectivity index is 2.90. The molecule has 0 saturated carbocycles. The highest BCUT2D eigenvalue weighted by molar-refractivity contribution is 5.92. The molecule has 1 aromatic heterocycles. The van der Waals surface area contributed by atoms with Gasteiger partial charge >= 0.3 is 5.97 Å². The van der Waals surface area contributed by atoms with E-state index in [2.05, 4.69) is 4.98 Å². The molecule has 0 unspecified atom stereocenters. The van der Waals surface area contributed by atoms with Gasteiger partial charge in [-0.3, -0.25) is 4.79 Å². The minimum absolute atomic E-state index is 0.0247. The van der Waals surface area contributed by atoms with Crippen LogP contribution in [0.1, 0.15) is 47.4 Å². The van der Waals surface area contributed by atoms with Crippen molar-refractivity contribution >= 4 is 16.9 Å². The van der Waals surface area contributed by atoms with Crippen molar-refractivity contribution < 1.29 is 9.90 Å². The molecule has 0 fully saturated rings. The van der Waals surface area contributed by atoms with Crippen LogP contribution in [0.15, 0.2) is 16.9 Å². The molecule has 0 saturated heterocycles. The van der Waals surface area contributed by atoms with Gasteiger partial charge in [0.15, 0.2) is 5.43 Å². The number of hydrogen-bond acceptors (Lipinski definition) is 2. The van der Waals surface area contributed by atoms with Crippen LogP contribution in [0.25, 0.3) is 10.9 Å². The molecule has 0 bridgehead atoms. The lowest BCUT2D eigenvalue weighted by atomic mass is 9.99. The number of hydrogen-bond donors (Lipinski definition) is 2. The van der Waals surface area contributed by atoms with E-state index in [1.807, 2.05) is 32.9 Å². The molecule has 4 heteroatoms. The van der Waals surface area contributed by atoms with Crippen LogP contribution in [-0.2, 0) is 12.8 Å². The summed E-state index contributed by atoms with van der Waals surface area (Å²) in [6.07, 6.45) is 2.06. The van der Waals surface area contributed by atoms with Crippen molar-refractivity contribution in [2.45, 2.75) is 40.0 Å². The lowest BCUT2D eigenvalue weighted by molar-refractivity contribution is 0.0689. The van der Waals surface area contributed by atoms with Crippen molar-refractivity contribution in [3.05, 3.63) is 44.7 Å². The largest absolute Gasteiger partial charge is 0.477 e. The van der Waals surface area contributed by atoms with Gasteiger partial charge in [0.1, 0.15) is 5.69 Å². The van der Waals surface area contributed by atoms with Gasteiger partial charge in [-0.25, -0.2) is 4.79 Å². The maximum absolute atomic E-state index is 12.6. The molecule has 2 N–H and O–H groups in total. The monoisotopic (exact) mass is 273 g/mol. The molecule has 0 amide bonds. The van der Waals surface area contributed by atoms with Crippen LogP contribution in [0, 0.1) is 6.92 Å². The number of aromatic carboxylic acids is 1. The number of aromatic amines is 1. The first-order valence-electron chi connectivity index (χ1n) is 6.91. The third-order valence-electron chi connectivity index (χ3n) is 3.59. The highest BCUT2D eigenvalue weighted by Crippen LogP contribution is 2.19. The Hall–Kier alpha value is -2.10. The number of pyridine rings is 1. The number of nitrogens with one attached hydrogen (secondary N) is 1. The number of aryl methyl sites for hydroxylation is 2. The SMILES string of the molecule is CCCc1c(C(=O)O)[nH]c2c(C)cc(CC)cc2c1=O. The van der Waals surface area contributed by atoms with Gasteiger partial charge in [-0.1, -0.05) is 26.3 Å². The highest BCUT2D eigenvalue weighted by atomic mass is 16.4. The summed E-state index contributed by atoms with van der Waals surface area (Å²) in [7, 11) is 0. The molecule has 2 rings (SSSR count). The van der Waals surface area contributed by atoms with Crippen LogP contribution >= 0.6 is 0 Å².